The molecule has 0 aromatic heterocycles. The summed E-state index contributed by atoms with van der Waals surface area (Å²) >= 11 is 0. The van der Waals surface area contributed by atoms with Gasteiger partial charge in [0.05, 0.1) is 10.6 Å². The number of hydrogen-bond acceptors (Lipinski definition) is 4. The van der Waals surface area contributed by atoms with Gasteiger partial charge in [0.15, 0.2) is 0 Å². The van der Waals surface area contributed by atoms with Gasteiger partial charge in [-0.2, -0.15) is 8.42 Å². The molecule has 4 nitrogen and oxygen atoms in total. The Labute approximate surface area is 106 Å². The summed E-state index contributed by atoms with van der Waals surface area (Å²) in [6, 6.07) is 15.3. The first-order valence-corrected chi connectivity index (χ1v) is 6.80. The van der Waals surface area contributed by atoms with Crippen molar-refractivity contribution in [3.63, 3.8) is 0 Å². The van der Waals surface area contributed by atoms with Crippen molar-refractivity contribution in [2.75, 3.05) is 5.48 Å². The molecule has 0 fully saturated rings. The minimum Gasteiger partial charge on any atom is -0.249 e. The normalized spacial score (nSPS) is 11.2. The van der Waals surface area contributed by atoms with Crippen molar-refractivity contribution in [1.82, 2.24) is 0 Å². The maximum Gasteiger partial charge on any atom is 0.317 e. The van der Waals surface area contributed by atoms with Crippen molar-refractivity contribution in [2.45, 2.75) is 11.8 Å². The van der Waals surface area contributed by atoms with E-state index in [1.165, 1.54) is 12.1 Å². The van der Waals surface area contributed by atoms with E-state index < -0.39 is 10.1 Å². The highest BCUT2D eigenvalue weighted by molar-refractivity contribution is 7.86. The molecule has 0 aliphatic rings. The van der Waals surface area contributed by atoms with E-state index in [9.17, 15) is 8.42 Å². The third-order valence-corrected chi connectivity index (χ3v) is 3.50. The molecule has 5 heteroatoms. The van der Waals surface area contributed by atoms with Crippen LogP contribution < -0.4 is 5.48 Å². The smallest absolute Gasteiger partial charge is 0.249 e. The van der Waals surface area contributed by atoms with Crippen molar-refractivity contribution in [1.29, 1.82) is 0 Å². The van der Waals surface area contributed by atoms with Gasteiger partial charge in [0.1, 0.15) is 0 Å². The molecule has 0 saturated carbocycles. The second kappa shape index (κ2) is 5.20. The largest absolute Gasteiger partial charge is 0.317 e. The standard InChI is InChI=1S/C13H13NO3S/c1-11-7-9-13(10-8-11)18(15,16)17-14-12-5-3-2-4-6-12/h2-10,14H,1H3. The van der Waals surface area contributed by atoms with Crippen LogP contribution in [0.4, 0.5) is 5.69 Å². The van der Waals surface area contributed by atoms with E-state index >= 15 is 0 Å². The van der Waals surface area contributed by atoms with E-state index in [1.54, 1.807) is 36.4 Å². The van der Waals surface area contributed by atoms with Gasteiger partial charge < -0.3 is 0 Å². The Kier molecular flexibility index (Phi) is 3.64. The maximum atomic E-state index is 11.8. The molecule has 94 valence electrons. The zero-order chi connectivity index (χ0) is 13.0. The van der Waals surface area contributed by atoms with Crippen molar-refractivity contribution < 1.29 is 12.7 Å². The van der Waals surface area contributed by atoms with Gasteiger partial charge in [0.25, 0.3) is 0 Å². The third kappa shape index (κ3) is 3.09. The number of benzene rings is 2. The van der Waals surface area contributed by atoms with Crippen LogP contribution in [0.25, 0.3) is 0 Å². The van der Waals surface area contributed by atoms with E-state index in [0.29, 0.717) is 5.69 Å². The van der Waals surface area contributed by atoms with Gasteiger partial charge in [-0.3, -0.25) is 0 Å². The summed E-state index contributed by atoms with van der Waals surface area (Å²) in [6.07, 6.45) is 0. The lowest BCUT2D eigenvalue weighted by molar-refractivity contribution is 0.391. The molecule has 0 amide bonds. The predicted octanol–water partition coefficient (Wildman–Crippen LogP) is 2.73. The summed E-state index contributed by atoms with van der Waals surface area (Å²) in [4.78, 5) is 0.122. The van der Waals surface area contributed by atoms with E-state index in [1.807, 2.05) is 13.0 Å². The minimum atomic E-state index is -3.79. The molecular formula is C13H13NO3S. The average molecular weight is 263 g/mol. The number of hydrogen-bond donors (Lipinski definition) is 1. The zero-order valence-electron chi connectivity index (χ0n) is 9.83. The molecule has 0 bridgehead atoms. The first kappa shape index (κ1) is 12.6. The number of nitrogens with one attached hydrogen (secondary N) is 1. The van der Waals surface area contributed by atoms with Crippen LogP contribution in [0.3, 0.4) is 0 Å². The van der Waals surface area contributed by atoms with Crippen molar-refractivity contribution >= 4 is 15.8 Å². The number of para-hydroxylation sites is 1. The molecule has 2 rings (SSSR count). The van der Waals surface area contributed by atoms with Crippen LogP contribution in [0.2, 0.25) is 0 Å². The quantitative estimate of drug-likeness (QED) is 0.862. The molecular weight excluding hydrogens is 250 g/mol. The predicted molar refractivity (Wildman–Crippen MR) is 69.5 cm³/mol. The lowest BCUT2D eigenvalue weighted by Gasteiger charge is -2.07. The van der Waals surface area contributed by atoms with E-state index in [-0.39, 0.29) is 4.90 Å². The van der Waals surface area contributed by atoms with E-state index in [2.05, 4.69) is 5.48 Å². The van der Waals surface area contributed by atoms with Gasteiger partial charge in [-0.15, -0.1) is 4.28 Å². The van der Waals surface area contributed by atoms with Crippen LogP contribution in [0, 0.1) is 6.92 Å². The van der Waals surface area contributed by atoms with Gasteiger partial charge in [-0.1, -0.05) is 35.9 Å². The lowest BCUT2D eigenvalue weighted by Crippen LogP contribution is -2.11. The van der Waals surface area contributed by atoms with Crippen LogP contribution >= 0.6 is 0 Å². The van der Waals surface area contributed by atoms with Gasteiger partial charge in [0.2, 0.25) is 0 Å². The number of anilines is 1. The SMILES string of the molecule is Cc1ccc(S(=O)(=O)ONc2ccccc2)cc1. The number of aryl methyl sites for hydroxylation is 1. The molecule has 0 radical (unpaired) electrons. The van der Waals surface area contributed by atoms with Gasteiger partial charge in [-0.05, 0) is 31.2 Å². The molecule has 0 unspecified atom stereocenters. The zero-order valence-corrected chi connectivity index (χ0v) is 10.6. The Morgan fingerprint density at radius 1 is 0.944 bits per heavy atom. The summed E-state index contributed by atoms with van der Waals surface area (Å²) < 4.78 is 28.4. The molecule has 0 saturated heterocycles. The fourth-order valence-corrected chi connectivity index (χ4v) is 2.13. The summed E-state index contributed by atoms with van der Waals surface area (Å²) in [7, 11) is -3.79. The molecule has 0 atom stereocenters. The second-order valence-electron chi connectivity index (χ2n) is 3.82. The first-order chi connectivity index (χ1) is 8.58. The second-order valence-corrected chi connectivity index (χ2v) is 5.36. The van der Waals surface area contributed by atoms with Crippen LogP contribution in [-0.4, -0.2) is 8.42 Å². The van der Waals surface area contributed by atoms with Crippen LogP contribution in [-0.2, 0) is 14.4 Å². The highest BCUT2D eigenvalue weighted by Crippen LogP contribution is 2.14. The lowest BCUT2D eigenvalue weighted by atomic mass is 10.2. The summed E-state index contributed by atoms with van der Waals surface area (Å²) in [6.45, 7) is 1.89. The topological polar surface area (TPSA) is 55.4 Å². The molecule has 0 heterocycles. The Hall–Kier alpha value is -1.85. The van der Waals surface area contributed by atoms with Gasteiger partial charge in [0, 0.05) is 0 Å². The van der Waals surface area contributed by atoms with Gasteiger partial charge >= 0.3 is 10.1 Å². The van der Waals surface area contributed by atoms with Gasteiger partial charge in [-0.25, -0.2) is 5.48 Å². The third-order valence-electron chi connectivity index (χ3n) is 2.35. The number of rotatable bonds is 4. The van der Waals surface area contributed by atoms with Crippen LogP contribution in [0.15, 0.2) is 59.5 Å². The van der Waals surface area contributed by atoms with Crippen LogP contribution in [0.5, 0.6) is 0 Å². The van der Waals surface area contributed by atoms with Crippen molar-refractivity contribution in [3.05, 3.63) is 60.2 Å². The average Bonchev–Trinajstić information content (AvgIpc) is 2.38. The molecule has 2 aromatic rings. The van der Waals surface area contributed by atoms with E-state index in [0.717, 1.165) is 5.56 Å². The first-order valence-electron chi connectivity index (χ1n) is 5.39. The van der Waals surface area contributed by atoms with Crippen LogP contribution in [0.1, 0.15) is 5.56 Å². The Morgan fingerprint density at radius 3 is 2.17 bits per heavy atom. The maximum absolute atomic E-state index is 11.8. The summed E-state index contributed by atoms with van der Waals surface area (Å²) in [5.74, 6) is 0. The molecule has 18 heavy (non-hydrogen) atoms. The molecule has 2 aromatic carbocycles. The monoisotopic (exact) mass is 263 g/mol. The fourth-order valence-electron chi connectivity index (χ4n) is 1.36. The van der Waals surface area contributed by atoms with E-state index in [4.69, 9.17) is 4.28 Å². The van der Waals surface area contributed by atoms with Crippen molar-refractivity contribution in [2.24, 2.45) is 0 Å². The minimum absolute atomic E-state index is 0.122. The Morgan fingerprint density at radius 2 is 1.56 bits per heavy atom. The molecule has 0 aliphatic heterocycles. The van der Waals surface area contributed by atoms with Crippen molar-refractivity contribution in [3.8, 4) is 0 Å². The summed E-state index contributed by atoms with van der Waals surface area (Å²) in [5, 5.41) is 0. The Bertz CT molecular complexity index is 606. The molecule has 0 spiro atoms. The summed E-state index contributed by atoms with van der Waals surface area (Å²) in [5.41, 5.74) is 3.98. The highest BCUT2D eigenvalue weighted by atomic mass is 32.2. The fraction of sp³-hybridized carbons (Fsp3) is 0.0769. The molecule has 0 aliphatic carbocycles. The molecule has 1 N–H and O–H groups in total. The Balaban J connectivity index is 2.11. The highest BCUT2D eigenvalue weighted by Gasteiger charge is 2.15.